The minimum Gasteiger partial charge on any atom is -0.468 e. The molecular formula is C24H27FN4O4S. The van der Waals surface area contributed by atoms with Crippen molar-refractivity contribution in [2.24, 2.45) is 0 Å². The Morgan fingerprint density at radius 1 is 1.12 bits per heavy atom. The molecule has 1 aromatic carbocycles. The van der Waals surface area contributed by atoms with Crippen molar-refractivity contribution in [3.05, 3.63) is 51.9 Å². The highest BCUT2D eigenvalue weighted by Crippen LogP contribution is 2.36. The molecule has 0 aliphatic carbocycles. The largest absolute Gasteiger partial charge is 0.468 e. The number of rotatable bonds is 6. The third-order valence-electron chi connectivity index (χ3n) is 5.93. The van der Waals surface area contributed by atoms with Crippen molar-refractivity contribution in [2.45, 2.75) is 26.8 Å². The summed E-state index contributed by atoms with van der Waals surface area (Å²) in [5.74, 6) is 0.321. The predicted octanol–water partition coefficient (Wildman–Crippen LogP) is 3.66. The molecule has 2 aromatic heterocycles. The molecule has 0 saturated carbocycles. The van der Waals surface area contributed by atoms with Crippen LogP contribution in [0.2, 0.25) is 0 Å². The van der Waals surface area contributed by atoms with Crippen molar-refractivity contribution in [3.63, 3.8) is 0 Å². The highest BCUT2D eigenvalue weighted by molar-refractivity contribution is 7.20. The number of hydrogen-bond donors (Lipinski definition) is 0. The lowest BCUT2D eigenvalue weighted by atomic mass is 10.0. The molecule has 10 heteroatoms. The number of nitrogens with zero attached hydrogens (tertiary/aromatic N) is 4. The first kappa shape index (κ1) is 24.0. The van der Waals surface area contributed by atoms with E-state index in [1.807, 2.05) is 18.7 Å². The van der Waals surface area contributed by atoms with Crippen LogP contribution in [0, 0.1) is 19.7 Å². The monoisotopic (exact) mass is 486 g/mol. The summed E-state index contributed by atoms with van der Waals surface area (Å²) in [6, 6.07) is 5.32. The highest BCUT2D eigenvalue weighted by Gasteiger charge is 2.33. The van der Waals surface area contributed by atoms with Crippen LogP contribution < -0.4 is 4.90 Å². The number of carbonyl (C=O) groups is 2. The maximum Gasteiger partial charge on any atom is 0.348 e. The number of benzene rings is 1. The van der Waals surface area contributed by atoms with Crippen LogP contribution in [0.15, 0.2) is 24.3 Å². The number of carbonyl (C=O) groups excluding carboxylic acids is 2. The van der Waals surface area contributed by atoms with E-state index >= 15 is 0 Å². The van der Waals surface area contributed by atoms with E-state index in [1.54, 1.807) is 19.1 Å². The summed E-state index contributed by atoms with van der Waals surface area (Å²) in [4.78, 5) is 39.8. The van der Waals surface area contributed by atoms with E-state index in [1.165, 1.54) is 30.6 Å². The Labute approximate surface area is 201 Å². The zero-order chi connectivity index (χ0) is 24.4. The van der Waals surface area contributed by atoms with Gasteiger partial charge in [0.25, 0.3) is 0 Å². The number of thiophene rings is 1. The van der Waals surface area contributed by atoms with Gasteiger partial charge in [0.15, 0.2) is 0 Å². The standard InChI is InChI=1S/C24H27FN4O4S/c1-5-33-24(31)20-14(2)18-21(26-15(3)27-22(18)34-20)29-12-10-28(11-13-29)19(23(30)32-4)16-6-8-17(25)9-7-16/h6-9,19H,5,10-13H2,1-4H3. The van der Waals surface area contributed by atoms with E-state index in [4.69, 9.17) is 14.5 Å². The fourth-order valence-corrected chi connectivity index (χ4v) is 5.40. The maximum atomic E-state index is 13.4. The molecular weight excluding hydrogens is 459 g/mol. The SMILES string of the molecule is CCOC(=O)c1sc2nc(C)nc(N3CCN(C(C(=O)OC)c4ccc(F)cc4)CC3)c2c1C. The third-order valence-corrected chi connectivity index (χ3v) is 7.10. The molecule has 1 unspecified atom stereocenters. The topological polar surface area (TPSA) is 84.9 Å². The van der Waals surface area contributed by atoms with E-state index in [2.05, 4.69) is 9.88 Å². The van der Waals surface area contributed by atoms with Gasteiger partial charge in [0.2, 0.25) is 0 Å². The van der Waals surface area contributed by atoms with E-state index < -0.39 is 6.04 Å². The number of halogens is 1. The van der Waals surface area contributed by atoms with E-state index in [0.717, 1.165) is 21.6 Å². The molecule has 1 aliphatic rings. The summed E-state index contributed by atoms with van der Waals surface area (Å²) in [6.07, 6.45) is 0. The lowest BCUT2D eigenvalue weighted by molar-refractivity contribution is -0.147. The molecule has 1 aliphatic heterocycles. The number of esters is 2. The summed E-state index contributed by atoms with van der Waals surface area (Å²) in [6.45, 7) is 8.20. The minimum atomic E-state index is -0.613. The molecule has 1 saturated heterocycles. The lowest BCUT2D eigenvalue weighted by Gasteiger charge is -2.39. The number of hydrogen-bond acceptors (Lipinski definition) is 9. The molecule has 0 N–H and O–H groups in total. The van der Waals surface area contributed by atoms with Crippen molar-refractivity contribution in [1.82, 2.24) is 14.9 Å². The van der Waals surface area contributed by atoms with Gasteiger partial charge in [-0.3, -0.25) is 4.90 Å². The zero-order valence-corrected chi connectivity index (χ0v) is 20.4. The Hall–Kier alpha value is -3.11. The van der Waals surface area contributed by atoms with Gasteiger partial charge in [-0.05, 0) is 44.0 Å². The Balaban J connectivity index is 1.61. The first-order valence-corrected chi connectivity index (χ1v) is 11.9. The Bertz CT molecular complexity index is 1210. The second-order valence-electron chi connectivity index (χ2n) is 8.05. The van der Waals surface area contributed by atoms with Crippen molar-refractivity contribution in [2.75, 3.05) is 44.8 Å². The first-order valence-electron chi connectivity index (χ1n) is 11.1. The number of methoxy groups -OCH3 is 1. The second-order valence-corrected chi connectivity index (χ2v) is 9.05. The van der Waals surface area contributed by atoms with Gasteiger partial charge in [-0.1, -0.05) is 12.1 Å². The third kappa shape index (κ3) is 4.60. The molecule has 3 heterocycles. The average molecular weight is 487 g/mol. The second kappa shape index (κ2) is 10.0. The number of fused-ring (bicyclic) bond motifs is 1. The van der Waals surface area contributed by atoms with Crippen molar-refractivity contribution >= 4 is 39.3 Å². The van der Waals surface area contributed by atoms with Gasteiger partial charge in [-0.2, -0.15) is 0 Å². The number of aryl methyl sites for hydroxylation is 2. The molecule has 0 radical (unpaired) electrons. The number of anilines is 1. The molecule has 1 fully saturated rings. The molecule has 0 bridgehead atoms. The van der Waals surface area contributed by atoms with Gasteiger partial charge >= 0.3 is 11.9 Å². The van der Waals surface area contributed by atoms with Crippen LogP contribution in [0.5, 0.6) is 0 Å². The Kier molecular flexibility index (Phi) is 7.08. The molecule has 3 aromatic rings. The van der Waals surface area contributed by atoms with Gasteiger partial charge in [-0.15, -0.1) is 11.3 Å². The Morgan fingerprint density at radius 3 is 2.41 bits per heavy atom. The maximum absolute atomic E-state index is 13.4. The normalized spacial score (nSPS) is 15.4. The van der Waals surface area contributed by atoms with Crippen LogP contribution >= 0.6 is 11.3 Å². The quantitative estimate of drug-likeness (QED) is 0.488. The van der Waals surface area contributed by atoms with Crippen molar-refractivity contribution < 1.29 is 23.5 Å². The van der Waals surface area contributed by atoms with E-state index in [0.29, 0.717) is 49.1 Å². The van der Waals surface area contributed by atoms with Gasteiger partial charge < -0.3 is 14.4 Å². The highest BCUT2D eigenvalue weighted by atomic mass is 32.1. The van der Waals surface area contributed by atoms with Crippen LogP contribution in [0.3, 0.4) is 0 Å². The molecule has 0 spiro atoms. The fraction of sp³-hybridized carbons (Fsp3) is 0.417. The fourth-order valence-electron chi connectivity index (χ4n) is 4.29. The summed E-state index contributed by atoms with van der Waals surface area (Å²) in [7, 11) is 1.36. The average Bonchev–Trinajstić information content (AvgIpc) is 3.16. The molecule has 180 valence electrons. The molecule has 1 atom stereocenters. The van der Waals surface area contributed by atoms with Crippen molar-refractivity contribution in [1.29, 1.82) is 0 Å². The number of ether oxygens (including phenoxy) is 2. The van der Waals surface area contributed by atoms with Crippen LogP contribution in [0.1, 0.15) is 39.6 Å². The van der Waals surface area contributed by atoms with E-state index in [-0.39, 0.29) is 17.8 Å². The lowest BCUT2D eigenvalue weighted by Crippen LogP contribution is -2.49. The van der Waals surface area contributed by atoms with Gasteiger partial charge in [0.05, 0.1) is 19.1 Å². The predicted molar refractivity (Wildman–Crippen MR) is 128 cm³/mol. The summed E-state index contributed by atoms with van der Waals surface area (Å²) < 4.78 is 23.7. The first-order chi connectivity index (χ1) is 16.3. The van der Waals surface area contributed by atoms with Crippen LogP contribution in [-0.4, -0.2) is 66.7 Å². The van der Waals surface area contributed by atoms with Crippen molar-refractivity contribution in [3.8, 4) is 0 Å². The summed E-state index contributed by atoms with van der Waals surface area (Å²) in [5, 5.41) is 0.857. The number of aromatic nitrogens is 2. The summed E-state index contributed by atoms with van der Waals surface area (Å²) >= 11 is 1.32. The molecule has 0 amide bonds. The minimum absolute atomic E-state index is 0.307. The smallest absolute Gasteiger partial charge is 0.348 e. The molecule has 34 heavy (non-hydrogen) atoms. The van der Waals surface area contributed by atoms with E-state index in [9.17, 15) is 14.0 Å². The van der Waals surface area contributed by atoms with Crippen LogP contribution in [0.4, 0.5) is 10.2 Å². The van der Waals surface area contributed by atoms with Crippen LogP contribution in [0.25, 0.3) is 10.2 Å². The summed E-state index contributed by atoms with van der Waals surface area (Å²) in [5.41, 5.74) is 1.50. The van der Waals surface area contributed by atoms with Gasteiger partial charge in [-0.25, -0.2) is 23.9 Å². The van der Waals surface area contributed by atoms with Crippen LogP contribution in [-0.2, 0) is 14.3 Å². The zero-order valence-electron chi connectivity index (χ0n) is 19.6. The molecule has 4 rings (SSSR count). The molecule has 8 nitrogen and oxygen atoms in total. The van der Waals surface area contributed by atoms with Gasteiger partial charge in [0, 0.05) is 26.2 Å². The van der Waals surface area contributed by atoms with Gasteiger partial charge in [0.1, 0.15) is 33.2 Å². The Morgan fingerprint density at radius 2 is 1.79 bits per heavy atom. The number of piperazine rings is 1.